The first-order chi connectivity index (χ1) is 21.1. The van der Waals surface area contributed by atoms with E-state index >= 15 is 0 Å². The molecule has 0 spiro atoms. The summed E-state index contributed by atoms with van der Waals surface area (Å²) in [6, 6.07) is 13.7. The number of nitrogens with zero attached hydrogens (tertiary/aromatic N) is 5. The minimum absolute atomic E-state index is 0.0627. The van der Waals surface area contributed by atoms with Gasteiger partial charge in [0, 0.05) is 11.5 Å². The second kappa shape index (κ2) is 12.9. The zero-order valence-electron chi connectivity index (χ0n) is 23.1. The zero-order chi connectivity index (χ0) is 33.1. The van der Waals surface area contributed by atoms with Crippen molar-refractivity contribution in [3.05, 3.63) is 65.7 Å². The molecule has 7 N–H and O–H groups in total. The number of aliphatic hydroxyl groups excluding tert-OH is 2. The third-order valence-corrected chi connectivity index (χ3v) is 7.94. The Bertz CT molecular complexity index is 2130. The van der Waals surface area contributed by atoms with E-state index in [1.54, 1.807) is 25.1 Å². The molecule has 0 saturated carbocycles. The topological polar surface area (TPSA) is 278 Å². The average molecular weight is 657 g/mol. The summed E-state index contributed by atoms with van der Waals surface area (Å²) >= 11 is 0. The van der Waals surface area contributed by atoms with Crippen LogP contribution in [0.1, 0.15) is 11.1 Å². The number of azo groups is 2. The smallest absolute Gasteiger partial charge is 0.296 e. The number of nitrogen functional groups attached to an aromatic ring is 1. The molecule has 0 aliphatic carbocycles. The lowest BCUT2D eigenvalue weighted by atomic mass is 10.1. The van der Waals surface area contributed by atoms with Crippen LogP contribution in [-0.4, -0.2) is 60.6 Å². The standard InChI is InChI=1S/C27H24N6O10S2/c1-14-5-22(23(43-13-18(35)12-34)10-21(14)31-30-17-4-2-3-15(6-17)11-28)32-33-26-25(45(40,41)42)8-16-7-24(44(37,38)39)20(29)9-19(16)27(26)36/h2-10,18,34-36H,12-13,29H2,1H3,(H,37,38,39)(H,40,41,42). The molecule has 1 atom stereocenters. The molecular weight excluding hydrogens is 632 g/mol. The van der Waals surface area contributed by atoms with Crippen LogP contribution in [0, 0.1) is 18.3 Å². The average Bonchev–Trinajstić information content (AvgIpc) is 2.98. The van der Waals surface area contributed by atoms with E-state index in [1.165, 1.54) is 18.2 Å². The monoisotopic (exact) mass is 656 g/mol. The number of aliphatic hydroxyl groups is 2. The van der Waals surface area contributed by atoms with Gasteiger partial charge in [-0.05, 0) is 60.3 Å². The van der Waals surface area contributed by atoms with Crippen LogP contribution in [0.5, 0.6) is 11.5 Å². The lowest BCUT2D eigenvalue weighted by molar-refractivity contribution is 0.0538. The van der Waals surface area contributed by atoms with Crippen molar-refractivity contribution in [2.24, 2.45) is 20.5 Å². The molecule has 16 nitrogen and oxygen atoms in total. The van der Waals surface area contributed by atoms with Crippen molar-refractivity contribution in [2.45, 2.75) is 22.8 Å². The zero-order valence-corrected chi connectivity index (χ0v) is 24.7. The Labute approximate surface area is 255 Å². The van der Waals surface area contributed by atoms with Crippen LogP contribution in [0.3, 0.4) is 0 Å². The Balaban J connectivity index is 1.85. The number of phenols is 1. The molecule has 0 aromatic heterocycles. The molecule has 1 unspecified atom stereocenters. The van der Waals surface area contributed by atoms with Crippen LogP contribution >= 0.6 is 0 Å². The van der Waals surface area contributed by atoms with E-state index in [9.17, 15) is 41.3 Å². The normalized spacial score (nSPS) is 13.0. The molecule has 0 aliphatic heterocycles. The van der Waals surface area contributed by atoms with E-state index in [1.807, 2.05) is 6.07 Å². The van der Waals surface area contributed by atoms with Crippen LogP contribution in [0.4, 0.5) is 28.4 Å². The maximum Gasteiger partial charge on any atom is 0.296 e. The summed E-state index contributed by atoms with van der Waals surface area (Å²) in [5.74, 6) is -0.912. The Kier molecular flexibility index (Phi) is 9.43. The second-order valence-corrected chi connectivity index (χ2v) is 12.2. The molecule has 4 aromatic carbocycles. The summed E-state index contributed by atoms with van der Waals surface area (Å²) in [5.41, 5.74) is 5.91. The van der Waals surface area contributed by atoms with E-state index in [0.29, 0.717) is 16.8 Å². The number of ether oxygens (including phenoxy) is 1. The van der Waals surface area contributed by atoms with Crippen molar-refractivity contribution in [1.82, 2.24) is 0 Å². The highest BCUT2D eigenvalue weighted by molar-refractivity contribution is 7.86. The Morgan fingerprint density at radius 1 is 0.933 bits per heavy atom. The van der Waals surface area contributed by atoms with Gasteiger partial charge in [0.1, 0.15) is 39.6 Å². The number of hydrogen-bond donors (Lipinski definition) is 6. The van der Waals surface area contributed by atoms with E-state index in [2.05, 4.69) is 20.5 Å². The highest BCUT2D eigenvalue weighted by atomic mass is 32.2. The molecule has 0 amide bonds. The van der Waals surface area contributed by atoms with E-state index < -0.39 is 66.5 Å². The first-order valence-corrected chi connectivity index (χ1v) is 15.4. The lowest BCUT2D eigenvalue weighted by Gasteiger charge is -2.14. The van der Waals surface area contributed by atoms with Crippen molar-refractivity contribution < 1.29 is 46.0 Å². The van der Waals surface area contributed by atoms with E-state index in [-0.39, 0.29) is 27.9 Å². The SMILES string of the molecule is Cc1cc(N=Nc2c(S(=O)(=O)O)cc3cc(S(=O)(=O)O)c(N)cc3c2O)c(OCC(O)CO)cc1N=Nc1cccc(C#N)c1. The van der Waals surface area contributed by atoms with Gasteiger partial charge in [0.2, 0.25) is 0 Å². The molecule has 4 aromatic rings. The molecule has 4 rings (SSSR count). The van der Waals surface area contributed by atoms with Crippen molar-refractivity contribution >= 4 is 59.4 Å². The van der Waals surface area contributed by atoms with Gasteiger partial charge in [0.25, 0.3) is 20.2 Å². The van der Waals surface area contributed by atoms with Crippen molar-refractivity contribution in [2.75, 3.05) is 18.9 Å². The minimum atomic E-state index is -5.10. The molecule has 18 heteroatoms. The van der Waals surface area contributed by atoms with E-state index in [0.717, 1.165) is 18.2 Å². The first-order valence-electron chi connectivity index (χ1n) is 12.6. The number of aromatic hydroxyl groups is 1. The van der Waals surface area contributed by atoms with Gasteiger partial charge in [-0.3, -0.25) is 9.11 Å². The second-order valence-electron chi connectivity index (χ2n) is 9.45. The van der Waals surface area contributed by atoms with Gasteiger partial charge in [-0.25, -0.2) is 0 Å². The molecule has 0 heterocycles. The molecule has 0 aliphatic rings. The number of anilines is 1. The van der Waals surface area contributed by atoms with Crippen LogP contribution in [0.25, 0.3) is 10.8 Å². The fraction of sp³-hybridized carbons (Fsp3) is 0.148. The molecule has 0 radical (unpaired) electrons. The fourth-order valence-electron chi connectivity index (χ4n) is 3.96. The lowest BCUT2D eigenvalue weighted by Crippen LogP contribution is -2.21. The van der Waals surface area contributed by atoms with Gasteiger partial charge >= 0.3 is 0 Å². The number of aryl methyl sites for hydroxylation is 1. The summed E-state index contributed by atoms with van der Waals surface area (Å²) in [7, 11) is -9.92. The Hall–Kier alpha value is -5.03. The number of nitrogens with two attached hydrogens (primary N) is 1. The maximum absolute atomic E-state index is 12.2. The van der Waals surface area contributed by atoms with Crippen molar-refractivity contribution in [3.8, 4) is 17.6 Å². The quantitative estimate of drug-likeness (QED) is 0.0788. The van der Waals surface area contributed by atoms with E-state index in [4.69, 9.17) is 15.7 Å². The van der Waals surface area contributed by atoms with Gasteiger partial charge in [0.05, 0.1) is 35.3 Å². The number of nitriles is 1. The largest absolute Gasteiger partial charge is 0.505 e. The molecule has 0 saturated heterocycles. The van der Waals surface area contributed by atoms with Gasteiger partial charge in [-0.15, -0.1) is 10.2 Å². The van der Waals surface area contributed by atoms with Crippen LogP contribution in [0.2, 0.25) is 0 Å². The van der Waals surface area contributed by atoms with Gasteiger partial charge in [0.15, 0.2) is 5.75 Å². The molecule has 0 fully saturated rings. The Morgan fingerprint density at radius 3 is 2.24 bits per heavy atom. The van der Waals surface area contributed by atoms with Gasteiger partial charge in [-0.1, -0.05) is 6.07 Å². The highest BCUT2D eigenvalue weighted by Gasteiger charge is 2.25. The van der Waals surface area contributed by atoms with Crippen LogP contribution in [-0.2, 0) is 20.2 Å². The summed E-state index contributed by atoms with van der Waals surface area (Å²) in [4.78, 5) is -1.72. The highest BCUT2D eigenvalue weighted by Crippen LogP contribution is 2.44. The minimum Gasteiger partial charge on any atom is -0.505 e. The fourth-order valence-corrected chi connectivity index (χ4v) is 5.25. The van der Waals surface area contributed by atoms with Gasteiger partial charge in [-0.2, -0.15) is 32.3 Å². The van der Waals surface area contributed by atoms with Gasteiger partial charge < -0.3 is 25.8 Å². The third kappa shape index (κ3) is 7.55. The maximum atomic E-state index is 12.2. The number of hydrogen-bond acceptors (Lipinski definition) is 14. The first kappa shape index (κ1) is 32.9. The van der Waals surface area contributed by atoms with Crippen LogP contribution in [0.15, 0.2) is 84.8 Å². The van der Waals surface area contributed by atoms with Crippen molar-refractivity contribution in [3.63, 3.8) is 0 Å². The van der Waals surface area contributed by atoms with Crippen LogP contribution < -0.4 is 10.5 Å². The number of fused-ring (bicyclic) bond motifs is 1. The number of benzene rings is 4. The summed E-state index contributed by atoms with van der Waals surface area (Å²) in [5, 5.41) is 54.8. The predicted octanol–water partition coefficient (Wildman–Crippen LogP) is 4.36. The third-order valence-electron chi connectivity index (χ3n) is 6.16. The molecule has 0 bridgehead atoms. The Morgan fingerprint density at radius 2 is 1.60 bits per heavy atom. The number of rotatable bonds is 10. The summed E-state index contributed by atoms with van der Waals surface area (Å²) < 4.78 is 72.7. The summed E-state index contributed by atoms with van der Waals surface area (Å²) in [6.07, 6.45) is -1.29. The predicted molar refractivity (Wildman–Crippen MR) is 159 cm³/mol. The molecule has 234 valence electrons. The summed E-state index contributed by atoms with van der Waals surface area (Å²) in [6.45, 7) is 0.587. The molecule has 45 heavy (non-hydrogen) atoms. The number of phenolic OH excluding ortho intramolecular Hbond substituents is 1. The molecular formula is C27H24N6O10S2. The van der Waals surface area contributed by atoms with Crippen molar-refractivity contribution in [1.29, 1.82) is 5.26 Å².